The molecule has 6 nitrogen and oxygen atoms in total. The van der Waals surface area contributed by atoms with Crippen molar-refractivity contribution in [3.63, 3.8) is 0 Å². The minimum absolute atomic E-state index is 0.0194. The molecule has 4 saturated carbocycles. The largest absolute Gasteiger partial charge is 0.469 e. The number of Topliss-reactive ketones (excluding diaryl/α,β-unsaturated/α-hetero) is 1. The number of fused-ring (bicyclic) bond motifs is 3. The molecule has 5 rings (SSSR count). The Bertz CT molecular complexity index is 777. The molecule has 5 fully saturated rings. The van der Waals surface area contributed by atoms with Gasteiger partial charge in [0.05, 0.1) is 19.1 Å². The van der Waals surface area contributed by atoms with Crippen molar-refractivity contribution in [1.29, 1.82) is 0 Å². The number of hydrogen-bond donors (Lipinski definition) is 0. The molecule has 1 aliphatic heterocycles. The fraction of sp³-hybridized carbons (Fsp3) is 0.870. The molecular formula is C23H32O6. The third-order valence-corrected chi connectivity index (χ3v) is 9.55. The quantitative estimate of drug-likeness (QED) is 0.520. The molecule has 0 aromatic heterocycles. The average Bonchev–Trinajstić information content (AvgIpc) is 3.32. The Morgan fingerprint density at radius 2 is 1.90 bits per heavy atom. The summed E-state index contributed by atoms with van der Waals surface area (Å²) in [4.78, 5) is 37.5. The zero-order valence-corrected chi connectivity index (χ0v) is 17.9. The molecule has 1 saturated heterocycles. The Hall–Kier alpha value is -1.43. The zero-order valence-electron chi connectivity index (χ0n) is 17.9. The predicted octanol–water partition coefficient (Wildman–Crippen LogP) is 3.06. The van der Waals surface area contributed by atoms with Gasteiger partial charge < -0.3 is 14.2 Å². The Morgan fingerprint density at radius 1 is 1.14 bits per heavy atom. The lowest BCUT2D eigenvalue weighted by atomic mass is 9.44. The lowest BCUT2D eigenvalue weighted by Gasteiger charge is -2.59. The van der Waals surface area contributed by atoms with Gasteiger partial charge in [0.2, 0.25) is 0 Å². The molecule has 1 spiro atoms. The summed E-state index contributed by atoms with van der Waals surface area (Å²) in [7, 11) is 1.43. The number of epoxide rings is 1. The number of rotatable bonds is 2. The van der Waals surface area contributed by atoms with Crippen molar-refractivity contribution in [3.8, 4) is 0 Å². The summed E-state index contributed by atoms with van der Waals surface area (Å²) in [6.07, 6.45) is 5.69. The third-order valence-electron chi connectivity index (χ3n) is 9.55. The lowest BCUT2D eigenvalue weighted by molar-refractivity contribution is -0.179. The first-order chi connectivity index (χ1) is 13.7. The van der Waals surface area contributed by atoms with E-state index in [1.165, 1.54) is 14.0 Å². The van der Waals surface area contributed by atoms with E-state index in [-0.39, 0.29) is 52.9 Å². The molecular weight excluding hydrogens is 372 g/mol. The second-order valence-corrected chi connectivity index (χ2v) is 10.6. The van der Waals surface area contributed by atoms with E-state index in [2.05, 4.69) is 13.8 Å². The van der Waals surface area contributed by atoms with Gasteiger partial charge in [-0.3, -0.25) is 14.4 Å². The average molecular weight is 405 g/mol. The van der Waals surface area contributed by atoms with Crippen LogP contribution in [0.25, 0.3) is 0 Å². The standard InChI is InChI=1S/C23H32O6/c1-12(24)28-14-7-8-21(2)13(9-14)5-6-15-19(21)17(25)11-22(3)16(20(26)27-4)10-18-23(15,22)29-18/h13-16,18-19H,5-11H2,1-4H3. The van der Waals surface area contributed by atoms with Crippen molar-refractivity contribution >= 4 is 17.7 Å². The van der Waals surface area contributed by atoms with Crippen LogP contribution in [0, 0.1) is 34.5 Å². The second kappa shape index (κ2) is 6.05. The van der Waals surface area contributed by atoms with Gasteiger partial charge in [-0.15, -0.1) is 0 Å². The first-order valence-electron chi connectivity index (χ1n) is 11.1. The molecule has 160 valence electrons. The summed E-state index contributed by atoms with van der Waals surface area (Å²) in [5.74, 6) is 0.184. The monoisotopic (exact) mass is 404 g/mol. The van der Waals surface area contributed by atoms with Crippen LogP contribution < -0.4 is 0 Å². The maximum Gasteiger partial charge on any atom is 0.309 e. The van der Waals surface area contributed by atoms with Gasteiger partial charge in [0.25, 0.3) is 0 Å². The van der Waals surface area contributed by atoms with Crippen molar-refractivity contribution in [2.45, 2.75) is 83.5 Å². The van der Waals surface area contributed by atoms with Crippen LogP contribution in [-0.4, -0.2) is 42.6 Å². The van der Waals surface area contributed by atoms with Crippen LogP contribution in [0.5, 0.6) is 0 Å². The number of carbonyl (C=O) groups excluding carboxylic acids is 3. The number of methoxy groups -OCH3 is 1. The number of ether oxygens (including phenoxy) is 3. The molecule has 5 aliphatic rings. The van der Waals surface area contributed by atoms with Crippen molar-refractivity contribution in [3.05, 3.63) is 0 Å². The van der Waals surface area contributed by atoms with E-state index in [1.54, 1.807) is 0 Å². The van der Waals surface area contributed by atoms with Crippen molar-refractivity contribution < 1.29 is 28.6 Å². The fourth-order valence-electron chi connectivity index (χ4n) is 8.30. The van der Waals surface area contributed by atoms with Gasteiger partial charge in [0.1, 0.15) is 17.5 Å². The Morgan fingerprint density at radius 3 is 2.59 bits per heavy atom. The van der Waals surface area contributed by atoms with Crippen LogP contribution in [0.2, 0.25) is 0 Å². The molecule has 6 heteroatoms. The van der Waals surface area contributed by atoms with E-state index in [4.69, 9.17) is 14.2 Å². The lowest BCUT2D eigenvalue weighted by Crippen LogP contribution is -2.62. The minimum atomic E-state index is -0.457. The molecule has 1 heterocycles. The van der Waals surface area contributed by atoms with Gasteiger partial charge in [-0.1, -0.05) is 13.8 Å². The van der Waals surface area contributed by atoms with E-state index in [0.29, 0.717) is 24.5 Å². The minimum Gasteiger partial charge on any atom is -0.469 e. The van der Waals surface area contributed by atoms with E-state index < -0.39 is 5.41 Å². The topological polar surface area (TPSA) is 82.2 Å². The summed E-state index contributed by atoms with van der Waals surface area (Å²) in [5.41, 5.74) is -0.876. The first kappa shape index (κ1) is 19.5. The second-order valence-electron chi connectivity index (χ2n) is 10.6. The van der Waals surface area contributed by atoms with Crippen molar-refractivity contribution in [1.82, 2.24) is 0 Å². The van der Waals surface area contributed by atoms with E-state index in [9.17, 15) is 14.4 Å². The van der Waals surface area contributed by atoms with Crippen LogP contribution in [0.1, 0.15) is 65.7 Å². The molecule has 0 bridgehead atoms. The summed E-state index contributed by atoms with van der Waals surface area (Å²) >= 11 is 0. The van der Waals surface area contributed by atoms with Crippen LogP contribution in [0.4, 0.5) is 0 Å². The normalized spacial score (nSPS) is 52.5. The Labute approximate surface area is 172 Å². The highest BCUT2D eigenvalue weighted by molar-refractivity contribution is 5.87. The molecule has 9 atom stereocenters. The maximum absolute atomic E-state index is 13.6. The fourth-order valence-corrected chi connectivity index (χ4v) is 8.30. The number of esters is 2. The van der Waals surface area contributed by atoms with Crippen LogP contribution in [-0.2, 0) is 28.6 Å². The van der Waals surface area contributed by atoms with Crippen LogP contribution >= 0.6 is 0 Å². The van der Waals surface area contributed by atoms with Gasteiger partial charge in [-0.2, -0.15) is 0 Å². The highest BCUT2D eigenvalue weighted by Gasteiger charge is 2.83. The van der Waals surface area contributed by atoms with E-state index >= 15 is 0 Å². The highest BCUT2D eigenvalue weighted by atomic mass is 16.6. The maximum atomic E-state index is 13.6. The summed E-state index contributed by atoms with van der Waals surface area (Å²) in [5, 5.41) is 0. The molecule has 9 unspecified atom stereocenters. The molecule has 29 heavy (non-hydrogen) atoms. The summed E-state index contributed by atoms with van der Waals surface area (Å²) < 4.78 is 17.0. The van der Waals surface area contributed by atoms with Gasteiger partial charge >= 0.3 is 11.9 Å². The van der Waals surface area contributed by atoms with Crippen molar-refractivity contribution in [2.75, 3.05) is 7.11 Å². The number of ketones is 1. The van der Waals surface area contributed by atoms with Gasteiger partial charge in [0.15, 0.2) is 0 Å². The van der Waals surface area contributed by atoms with E-state index in [1.807, 2.05) is 0 Å². The SMILES string of the molecule is COC(=O)C1CC2OC23C2CCC4CC(OC(C)=O)CCC4(C)C2C(=O)CC13C. The van der Waals surface area contributed by atoms with Crippen LogP contribution in [0.3, 0.4) is 0 Å². The van der Waals surface area contributed by atoms with Gasteiger partial charge in [-0.05, 0) is 49.9 Å². The smallest absolute Gasteiger partial charge is 0.309 e. The molecule has 4 aliphatic carbocycles. The zero-order chi connectivity index (χ0) is 20.8. The number of carbonyl (C=O) groups is 3. The van der Waals surface area contributed by atoms with Gasteiger partial charge in [0, 0.05) is 30.6 Å². The Balaban J connectivity index is 1.46. The predicted molar refractivity (Wildman–Crippen MR) is 103 cm³/mol. The summed E-state index contributed by atoms with van der Waals surface area (Å²) in [6.45, 7) is 5.83. The molecule has 0 radical (unpaired) electrons. The van der Waals surface area contributed by atoms with Gasteiger partial charge in [-0.25, -0.2) is 0 Å². The molecule has 0 aromatic carbocycles. The van der Waals surface area contributed by atoms with E-state index in [0.717, 1.165) is 32.1 Å². The molecule has 0 amide bonds. The number of hydrogen-bond acceptors (Lipinski definition) is 6. The molecule has 0 aromatic rings. The first-order valence-corrected chi connectivity index (χ1v) is 11.1. The van der Waals surface area contributed by atoms with Crippen LogP contribution in [0.15, 0.2) is 0 Å². The highest BCUT2D eigenvalue weighted by Crippen LogP contribution is 2.75. The Kier molecular flexibility index (Phi) is 4.08. The third kappa shape index (κ3) is 2.35. The molecule has 0 N–H and O–H groups in total. The van der Waals surface area contributed by atoms with Crippen molar-refractivity contribution in [2.24, 2.45) is 34.5 Å². The summed E-state index contributed by atoms with van der Waals surface area (Å²) in [6, 6.07) is 0.